The second-order valence-corrected chi connectivity index (χ2v) is 4.88. The lowest BCUT2D eigenvalue weighted by Crippen LogP contribution is -2.43. The molecule has 5 nitrogen and oxygen atoms in total. The van der Waals surface area contributed by atoms with Gasteiger partial charge in [-0.05, 0) is 25.0 Å². The second kappa shape index (κ2) is 9.80. The minimum absolute atomic E-state index is 0.0626. The zero-order chi connectivity index (χ0) is 15.5. The van der Waals surface area contributed by atoms with Crippen LogP contribution in [0.3, 0.4) is 0 Å². The van der Waals surface area contributed by atoms with E-state index in [2.05, 4.69) is 10.6 Å². The Hall–Kier alpha value is -2.04. The third-order valence-electron chi connectivity index (χ3n) is 2.97. The molecule has 0 saturated heterocycles. The standard InChI is InChI=1S/C16H25N3O2/c1-3-10-17-15(20)13-19(11-4-2)16(21)12-18-14-8-6-5-7-9-14/h5-9,18H,3-4,10-13H2,1-2H3,(H,17,20). The van der Waals surface area contributed by atoms with Gasteiger partial charge in [-0.1, -0.05) is 32.0 Å². The minimum atomic E-state index is -0.0987. The SMILES string of the molecule is CCCNC(=O)CN(CCC)C(=O)CNc1ccccc1. The van der Waals surface area contributed by atoms with Gasteiger partial charge in [0, 0.05) is 18.8 Å². The van der Waals surface area contributed by atoms with Gasteiger partial charge in [-0.25, -0.2) is 0 Å². The van der Waals surface area contributed by atoms with Crippen molar-refractivity contribution in [1.82, 2.24) is 10.2 Å². The van der Waals surface area contributed by atoms with Gasteiger partial charge in [-0.3, -0.25) is 9.59 Å². The van der Waals surface area contributed by atoms with Crippen LogP contribution < -0.4 is 10.6 Å². The molecule has 0 unspecified atom stereocenters. The summed E-state index contributed by atoms with van der Waals surface area (Å²) in [5, 5.41) is 5.87. The summed E-state index contributed by atoms with van der Waals surface area (Å²) in [6.45, 7) is 5.56. The van der Waals surface area contributed by atoms with Gasteiger partial charge >= 0.3 is 0 Å². The number of anilines is 1. The molecule has 1 rings (SSSR count). The summed E-state index contributed by atoms with van der Waals surface area (Å²) in [5.41, 5.74) is 0.901. The van der Waals surface area contributed by atoms with E-state index in [0.717, 1.165) is 18.5 Å². The summed E-state index contributed by atoms with van der Waals surface area (Å²) in [5.74, 6) is -0.161. The van der Waals surface area contributed by atoms with Crippen LogP contribution in [0.1, 0.15) is 26.7 Å². The van der Waals surface area contributed by atoms with Gasteiger partial charge in [0.05, 0.1) is 13.1 Å². The van der Waals surface area contributed by atoms with Crippen molar-refractivity contribution in [2.24, 2.45) is 0 Å². The van der Waals surface area contributed by atoms with E-state index in [4.69, 9.17) is 0 Å². The molecule has 0 fully saturated rings. The molecule has 1 aromatic rings. The first kappa shape index (κ1) is 17.0. The number of nitrogens with one attached hydrogen (secondary N) is 2. The van der Waals surface area contributed by atoms with Gasteiger partial charge in [0.2, 0.25) is 11.8 Å². The first-order valence-corrected chi connectivity index (χ1v) is 7.50. The van der Waals surface area contributed by atoms with Gasteiger partial charge in [0.15, 0.2) is 0 Å². The zero-order valence-electron chi connectivity index (χ0n) is 12.9. The number of rotatable bonds is 9. The van der Waals surface area contributed by atoms with Crippen LogP contribution in [-0.2, 0) is 9.59 Å². The number of hydrogen-bond donors (Lipinski definition) is 2. The molecule has 5 heteroatoms. The quantitative estimate of drug-likeness (QED) is 0.730. The number of amides is 2. The van der Waals surface area contributed by atoms with Crippen LogP contribution in [0.2, 0.25) is 0 Å². The number of para-hydroxylation sites is 1. The zero-order valence-corrected chi connectivity index (χ0v) is 12.9. The van der Waals surface area contributed by atoms with E-state index in [-0.39, 0.29) is 24.9 Å². The van der Waals surface area contributed by atoms with E-state index in [1.165, 1.54) is 0 Å². The lowest BCUT2D eigenvalue weighted by molar-refractivity contribution is -0.134. The molecule has 1 aromatic carbocycles. The van der Waals surface area contributed by atoms with Crippen LogP contribution in [0.5, 0.6) is 0 Å². The highest BCUT2D eigenvalue weighted by Crippen LogP contribution is 2.04. The molecule has 0 aromatic heterocycles. The van der Waals surface area contributed by atoms with Crippen molar-refractivity contribution in [3.8, 4) is 0 Å². The fourth-order valence-electron chi connectivity index (χ4n) is 1.90. The maximum absolute atomic E-state index is 12.2. The molecule has 0 aliphatic carbocycles. The molecule has 116 valence electrons. The molecular formula is C16H25N3O2. The Balaban J connectivity index is 2.46. The van der Waals surface area contributed by atoms with Crippen LogP contribution in [0.15, 0.2) is 30.3 Å². The summed E-state index contributed by atoms with van der Waals surface area (Å²) >= 11 is 0. The van der Waals surface area contributed by atoms with E-state index < -0.39 is 0 Å². The van der Waals surface area contributed by atoms with Gasteiger partial charge in [-0.2, -0.15) is 0 Å². The summed E-state index contributed by atoms with van der Waals surface area (Å²) in [4.78, 5) is 25.5. The Morgan fingerprint density at radius 2 is 1.81 bits per heavy atom. The first-order chi connectivity index (χ1) is 10.2. The van der Waals surface area contributed by atoms with Crippen LogP contribution in [-0.4, -0.2) is 42.9 Å². The van der Waals surface area contributed by atoms with Crippen molar-refractivity contribution in [3.05, 3.63) is 30.3 Å². The molecule has 21 heavy (non-hydrogen) atoms. The maximum atomic E-state index is 12.2. The van der Waals surface area contributed by atoms with E-state index in [9.17, 15) is 9.59 Å². The first-order valence-electron chi connectivity index (χ1n) is 7.50. The van der Waals surface area contributed by atoms with Crippen LogP contribution >= 0.6 is 0 Å². The fourth-order valence-corrected chi connectivity index (χ4v) is 1.90. The normalized spacial score (nSPS) is 10.0. The number of benzene rings is 1. The smallest absolute Gasteiger partial charge is 0.242 e. The van der Waals surface area contributed by atoms with Crippen molar-refractivity contribution in [2.45, 2.75) is 26.7 Å². The van der Waals surface area contributed by atoms with E-state index in [1.54, 1.807) is 4.90 Å². The Labute approximate surface area is 126 Å². The topological polar surface area (TPSA) is 61.4 Å². The van der Waals surface area contributed by atoms with E-state index in [0.29, 0.717) is 13.1 Å². The average molecular weight is 291 g/mol. The molecule has 0 saturated carbocycles. The molecular weight excluding hydrogens is 266 g/mol. The highest BCUT2D eigenvalue weighted by molar-refractivity contribution is 5.86. The second-order valence-electron chi connectivity index (χ2n) is 4.88. The summed E-state index contributed by atoms with van der Waals surface area (Å²) in [6.07, 6.45) is 1.72. The van der Waals surface area contributed by atoms with Crippen LogP contribution in [0.25, 0.3) is 0 Å². The lowest BCUT2D eigenvalue weighted by Gasteiger charge is -2.22. The third kappa shape index (κ3) is 6.79. The molecule has 2 N–H and O–H groups in total. The fraction of sp³-hybridized carbons (Fsp3) is 0.500. The number of nitrogens with zero attached hydrogens (tertiary/aromatic N) is 1. The number of hydrogen-bond acceptors (Lipinski definition) is 3. The Bertz CT molecular complexity index is 434. The Kier molecular flexibility index (Phi) is 7.94. The molecule has 0 aliphatic rings. The van der Waals surface area contributed by atoms with E-state index in [1.807, 2.05) is 44.2 Å². The Morgan fingerprint density at radius 3 is 2.43 bits per heavy atom. The highest BCUT2D eigenvalue weighted by Gasteiger charge is 2.15. The number of carbonyl (C=O) groups excluding carboxylic acids is 2. The van der Waals surface area contributed by atoms with Crippen molar-refractivity contribution in [3.63, 3.8) is 0 Å². The average Bonchev–Trinajstić information content (AvgIpc) is 2.51. The predicted molar refractivity (Wildman–Crippen MR) is 85.1 cm³/mol. The molecule has 0 atom stereocenters. The van der Waals surface area contributed by atoms with Crippen LogP contribution in [0, 0.1) is 0 Å². The van der Waals surface area contributed by atoms with Crippen molar-refractivity contribution in [2.75, 3.05) is 31.5 Å². The van der Waals surface area contributed by atoms with Crippen molar-refractivity contribution < 1.29 is 9.59 Å². The van der Waals surface area contributed by atoms with Crippen LogP contribution in [0.4, 0.5) is 5.69 Å². The maximum Gasteiger partial charge on any atom is 0.242 e. The van der Waals surface area contributed by atoms with Gasteiger partial charge < -0.3 is 15.5 Å². The Morgan fingerprint density at radius 1 is 1.10 bits per heavy atom. The van der Waals surface area contributed by atoms with E-state index >= 15 is 0 Å². The summed E-state index contributed by atoms with van der Waals surface area (Å²) in [7, 11) is 0. The third-order valence-corrected chi connectivity index (χ3v) is 2.97. The highest BCUT2D eigenvalue weighted by atomic mass is 16.2. The van der Waals surface area contributed by atoms with Gasteiger partial charge in [0.1, 0.15) is 0 Å². The molecule has 0 aliphatic heterocycles. The molecule has 0 radical (unpaired) electrons. The predicted octanol–water partition coefficient (Wildman–Crippen LogP) is 1.86. The monoisotopic (exact) mass is 291 g/mol. The largest absolute Gasteiger partial charge is 0.376 e. The number of carbonyl (C=O) groups is 2. The summed E-state index contributed by atoms with van der Waals surface area (Å²) in [6, 6.07) is 9.56. The van der Waals surface area contributed by atoms with Crippen molar-refractivity contribution >= 4 is 17.5 Å². The van der Waals surface area contributed by atoms with Gasteiger partial charge in [-0.15, -0.1) is 0 Å². The lowest BCUT2D eigenvalue weighted by atomic mass is 10.3. The molecule has 2 amide bonds. The van der Waals surface area contributed by atoms with Gasteiger partial charge in [0.25, 0.3) is 0 Å². The molecule has 0 bridgehead atoms. The molecule has 0 heterocycles. The van der Waals surface area contributed by atoms with Crippen molar-refractivity contribution in [1.29, 1.82) is 0 Å². The summed E-state index contributed by atoms with van der Waals surface area (Å²) < 4.78 is 0. The minimum Gasteiger partial charge on any atom is -0.376 e. The molecule has 0 spiro atoms.